The van der Waals surface area contributed by atoms with Gasteiger partial charge in [0.05, 0.1) is 18.9 Å². The maximum atomic E-state index is 12.2. The summed E-state index contributed by atoms with van der Waals surface area (Å²) in [5.41, 5.74) is 2.75. The Labute approximate surface area is 157 Å². The molecule has 0 unspecified atom stereocenters. The van der Waals surface area contributed by atoms with Crippen LogP contribution in [0.4, 0.5) is 4.79 Å². The first kappa shape index (κ1) is 20.0. The molecule has 7 heteroatoms. The third-order valence-electron chi connectivity index (χ3n) is 3.17. The molecule has 1 amide bonds. The molecule has 2 aromatic rings. The smallest absolute Gasteiger partial charge is 0.428 e. The van der Waals surface area contributed by atoms with Crippen LogP contribution < -0.4 is 14.9 Å². The lowest BCUT2D eigenvalue weighted by Gasteiger charge is -2.18. The molecule has 0 aliphatic carbocycles. The molecule has 0 atom stereocenters. The van der Waals surface area contributed by atoms with Crippen molar-refractivity contribution in [3.8, 4) is 11.5 Å². The van der Waals surface area contributed by atoms with Crippen LogP contribution in [-0.2, 0) is 4.74 Å². The largest absolute Gasteiger partial charge is 0.493 e. The van der Waals surface area contributed by atoms with Crippen LogP contribution in [0.5, 0.6) is 11.5 Å². The first-order chi connectivity index (χ1) is 12.8. The maximum absolute atomic E-state index is 12.2. The number of carbonyl (C=O) groups is 2. The van der Waals surface area contributed by atoms with Gasteiger partial charge in [-0.1, -0.05) is 18.2 Å². The highest BCUT2D eigenvalue weighted by atomic mass is 16.6. The second kappa shape index (κ2) is 8.84. The molecular formula is C20H22N2O5. The molecule has 0 aliphatic rings. The molecule has 0 saturated heterocycles. The summed E-state index contributed by atoms with van der Waals surface area (Å²) in [4.78, 5) is 23.7. The van der Waals surface area contributed by atoms with Crippen LogP contribution in [0, 0.1) is 0 Å². The quantitative estimate of drug-likeness (QED) is 0.375. The van der Waals surface area contributed by atoms with Crippen LogP contribution in [-0.4, -0.2) is 31.0 Å². The summed E-state index contributed by atoms with van der Waals surface area (Å²) in [7, 11) is 1.47. The van der Waals surface area contributed by atoms with E-state index in [1.807, 2.05) is 6.07 Å². The molecule has 0 aliphatic heterocycles. The molecule has 0 radical (unpaired) electrons. The number of hydrogen-bond acceptors (Lipinski definition) is 6. The summed E-state index contributed by atoms with van der Waals surface area (Å²) >= 11 is 0. The van der Waals surface area contributed by atoms with E-state index in [2.05, 4.69) is 10.5 Å². The number of hydrazone groups is 1. The van der Waals surface area contributed by atoms with Gasteiger partial charge in [0.2, 0.25) is 0 Å². The van der Waals surface area contributed by atoms with E-state index in [9.17, 15) is 9.59 Å². The summed E-state index contributed by atoms with van der Waals surface area (Å²) in [6.45, 7) is 5.28. The topological polar surface area (TPSA) is 86.2 Å². The van der Waals surface area contributed by atoms with Crippen LogP contribution in [0.3, 0.4) is 0 Å². The Kier molecular flexibility index (Phi) is 6.54. The zero-order chi connectivity index (χ0) is 19.9. The molecule has 2 aromatic carbocycles. The Morgan fingerprint density at radius 1 is 1.04 bits per heavy atom. The van der Waals surface area contributed by atoms with Crippen molar-refractivity contribution < 1.29 is 23.8 Å². The minimum absolute atomic E-state index is 0.281. The first-order valence-corrected chi connectivity index (χ1v) is 8.26. The number of carbonyl (C=O) groups excluding carboxylic acids is 2. The number of nitrogens with zero attached hydrogens (tertiary/aromatic N) is 1. The van der Waals surface area contributed by atoms with Gasteiger partial charge < -0.3 is 14.2 Å². The Bertz CT molecular complexity index is 826. The van der Waals surface area contributed by atoms with Crippen LogP contribution in [0.1, 0.15) is 36.7 Å². The average molecular weight is 370 g/mol. The van der Waals surface area contributed by atoms with Crippen molar-refractivity contribution in [3.05, 3.63) is 59.7 Å². The molecule has 2 rings (SSSR count). The van der Waals surface area contributed by atoms with Crippen LogP contribution >= 0.6 is 0 Å². The van der Waals surface area contributed by atoms with Gasteiger partial charge in [-0.05, 0) is 56.7 Å². The van der Waals surface area contributed by atoms with Crippen molar-refractivity contribution in [2.75, 3.05) is 7.11 Å². The number of methoxy groups -OCH3 is 1. The maximum Gasteiger partial charge on any atom is 0.428 e. The number of esters is 1. The lowest BCUT2D eigenvalue weighted by Crippen LogP contribution is -2.29. The molecule has 0 aromatic heterocycles. The van der Waals surface area contributed by atoms with Gasteiger partial charge in [0.1, 0.15) is 5.60 Å². The Balaban J connectivity index is 2.04. The Hall–Kier alpha value is -3.35. The predicted molar refractivity (Wildman–Crippen MR) is 101 cm³/mol. The van der Waals surface area contributed by atoms with E-state index in [1.165, 1.54) is 13.3 Å². The molecule has 27 heavy (non-hydrogen) atoms. The molecular weight excluding hydrogens is 348 g/mol. The predicted octanol–water partition coefficient (Wildman–Crippen LogP) is 3.77. The van der Waals surface area contributed by atoms with Crippen molar-refractivity contribution in [2.24, 2.45) is 5.10 Å². The highest BCUT2D eigenvalue weighted by molar-refractivity contribution is 5.91. The second-order valence-corrected chi connectivity index (χ2v) is 6.54. The highest BCUT2D eigenvalue weighted by Gasteiger charge is 2.15. The minimum atomic E-state index is -0.654. The minimum Gasteiger partial charge on any atom is -0.493 e. The number of benzene rings is 2. The summed E-state index contributed by atoms with van der Waals surface area (Å²) in [6.07, 6.45) is 0.772. The zero-order valence-electron chi connectivity index (χ0n) is 15.7. The SMILES string of the molecule is COc1cc(/C=N/NC(=O)OC(C)(C)C)ccc1OC(=O)c1ccccc1. The highest BCUT2D eigenvalue weighted by Crippen LogP contribution is 2.28. The fourth-order valence-corrected chi connectivity index (χ4v) is 2.04. The van der Waals surface area contributed by atoms with Crippen LogP contribution in [0.2, 0.25) is 0 Å². The van der Waals surface area contributed by atoms with E-state index < -0.39 is 17.7 Å². The summed E-state index contributed by atoms with van der Waals surface area (Å²) in [5, 5.41) is 3.83. The van der Waals surface area contributed by atoms with Gasteiger partial charge in [-0.2, -0.15) is 5.10 Å². The number of amides is 1. The molecule has 1 N–H and O–H groups in total. The number of rotatable bonds is 5. The molecule has 0 spiro atoms. The van der Waals surface area contributed by atoms with Gasteiger partial charge in [-0.15, -0.1) is 0 Å². The van der Waals surface area contributed by atoms with E-state index in [0.717, 1.165) is 0 Å². The van der Waals surface area contributed by atoms with Gasteiger partial charge in [-0.25, -0.2) is 15.0 Å². The normalized spacial score (nSPS) is 11.1. The van der Waals surface area contributed by atoms with Gasteiger partial charge in [0.15, 0.2) is 11.5 Å². The van der Waals surface area contributed by atoms with Gasteiger partial charge in [0.25, 0.3) is 0 Å². The summed E-state index contributed by atoms with van der Waals surface area (Å²) in [6, 6.07) is 13.6. The van der Waals surface area contributed by atoms with Crippen molar-refractivity contribution in [1.29, 1.82) is 0 Å². The van der Waals surface area contributed by atoms with E-state index in [-0.39, 0.29) is 5.75 Å². The number of nitrogens with one attached hydrogen (secondary N) is 1. The number of hydrogen-bond donors (Lipinski definition) is 1. The van der Waals surface area contributed by atoms with Crippen molar-refractivity contribution in [1.82, 2.24) is 5.43 Å². The van der Waals surface area contributed by atoms with E-state index in [0.29, 0.717) is 16.9 Å². The molecule has 142 valence electrons. The molecule has 0 heterocycles. The monoisotopic (exact) mass is 370 g/mol. The molecule has 0 fully saturated rings. The van der Waals surface area contributed by atoms with Crippen LogP contribution in [0.25, 0.3) is 0 Å². The lowest BCUT2D eigenvalue weighted by atomic mass is 10.2. The molecule has 0 bridgehead atoms. The average Bonchev–Trinajstić information content (AvgIpc) is 2.62. The fourth-order valence-electron chi connectivity index (χ4n) is 2.04. The molecule has 7 nitrogen and oxygen atoms in total. The first-order valence-electron chi connectivity index (χ1n) is 8.26. The Morgan fingerprint density at radius 2 is 1.74 bits per heavy atom. The zero-order valence-corrected chi connectivity index (χ0v) is 15.7. The van der Waals surface area contributed by atoms with Gasteiger partial charge in [-0.3, -0.25) is 0 Å². The van der Waals surface area contributed by atoms with Gasteiger partial charge >= 0.3 is 12.1 Å². The summed E-state index contributed by atoms with van der Waals surface area (Å²) < 4.78 is 15.7. The van der Waals surface area contributed by atoms with E-state index >= 15 is 0 Å². The molecule has 0 saturated carbocycles. The standard InChI is InChI=1S/C20H22N2O5/c1-20(2,3)27-19(24)22-21-13-14-10-11-16(17(12-14)25-4)26-18(23)15-8-6-5-7-9-15/h5-13H,1-4H3,(H,22,24)/b21-13+. The summed E-state index contributed by atoms with van der Waals surface area (Å²) in [5.74, 6) is 0.158. The van der Waals surface area contributed by atoms with Crippen molar-refractivity contribution >= 4 is 18.3 Å². The van der Waals surface area contributed by atoms with Gasteiger partial charge in [0, 0.05) is 0 Å². The number of ether oxygens (including phenoxy) is 3. The second-order valence-electron chi connectivity index (χ2n) is 6.54. The van der Waals surface area contributed by atoms with Crippen LogP contribution in [0.15, 0.2) is 53.6 Å². The fraction of sp³-hybridized carbons (Fsp3) is 0.250. The van der Waals surface area contributed by atoms with E-state index in [1.54, 1.807) is 63.2 Å². The third kappa shape index (κ3) is 6.47. The van der Waals surface area contributed by atoms with E-state index in [4.69, 9.17) is 14.2 Å². The lowest BCUT2D eigenvalue weighted by molar-refractivity contribution is 0.0529. The Morgan fingerprint density at radius 3 is 2.37 bits per heavy atom. The van der Waals surface area contributed by atoms with Crippen molar-refractivity contribution in [2.45, 2.75) is 26.4 Å². The third-order valence-corrected chi connectivity index (χ3v) is 3.17. The van der Waals surface area contributed by atoms with Crippen molar-refractivity contribution in [3.63, 3.8) is 0 Å².